The Bertz CT molecular complexity index is 307. The molecular weight excluding hydrogens is 194 g/mol. The van der Waals surface area contributed by atoms with Crippen molar-refractivity contribution in [2.45, 2.75) is 19.9 Å². The molecule has 0 spiro atoms. The molecule has 0 amide bonds. The molecule has 0 aliphatic carbocycles. The van der Waals surface area contributed by atoms with Gasteiger partial charge < -0.3 is 5.32 Å². The Kier molecular flexibility index (Phi) is 4.71. The lowest BCUT2D eigenvalue weighted by Crippen LogP contribution is -2.14. The lowest BCUT2D eigenvalue weighted by Gasteiger charge is -2.06. The van der Waals surface area contributed by atoms with Crippen LogP contribution in [-0.2, 0) is 6.54 Å². The molecule has 0 heterocycles. The fraction of sp³-hybridized carbons (Fsp3) is 0.333. The Morgan fingerprint density at radius 1 is 1.50 bits per heavy atom. The van der Waals surface area contributed by atoms with E-state index < -0.39 is 0 Å². The van der Waals surface area contributed by atoms with Gasteiger partial charge in [0.15, 0.2) is 0 Å². The van der Waals surface area contributed by atoms with Crippen molar-refractivity contribution in [3.8, 4) is 0 Å². The predicted octanol–water partition coefficient (Wildman–Crippen LogP) is 3.31. The van der Waals surface area contributed by atoms with E-state index in [0.717, 1.165) is 30.1 Å². The Balaban J connectivity index is 2.46. The van der Waals surface area contributed by atoms with Crippen molar-refractivity contribution in [1.29, 1.82) is 0 Å². The highest BCUT2D eigenvalue weighted by Crippen LogP contribution is 2.17. The summed E-state index contributed by atoms with van der Waals surface area (Å²) in [5.74, 6) is 0. The molecule has 1 aromatic rings. The van der Waals surface area contributed by atoms with Crippen molar-refractivity contribution >= 4 is 11.6 Å². The van der Waals surface area contributed by atoms with Gasteiger partial charge in [0.05, 0.1) is 0 Å². The zero-order valence-electron chi connectivity index (χ0n) is 8.52. The first-order valence-corrected chi connectivity index (χ1v) is 5.18. The van der Waals surface area contributed by atoms with Crippen LogP contribution in [-0.4, -0.2) is 6.54 Å². The lowest BCUT2D eigenvalue weighted by atomic mass is 10.1. The molecule has 2 heteroatoms. The van der Waals surface area contributed by atoms with E-state index in [1.807, 2.05) is 19.1 Å². The lowest BCUT2D eigenvalue weighted by molar-refractivity contribution is 0.696. The minimum absolute atomic E-state index is 0.826. The van der Waals surface area contributed by atoms with E-state index in [-0.39, 0.29) is 0 Å². The fourth-order valence-electron chi connectivity index (χ4n) is 1.22. The molecule has 14 heavy (non-hydrogen) atoms. The van der Waals surface area contributed by atoms with Gasteiger partial charge in [0.2, 0.25) is 0 Å². The van der Waals surface area contributed by atoms with Crippen LogP contribution in [0.2, 0.25) is 5.02 Å². The second kappa shape index (κ2) is 5.84. The summed E-state index contributed by atoms with van der Waals surface area (Å²) in [6, 6.07) is 6.14. The van der Waals surface area contributed by atoms with E-state index >= 15 is 0 Å². The van der Waals surface area contributed by atoms with Crippen molar-refractivity contribution in [2.75, 3.05) is 6.54 Å². The van der Waals surface area contributed by atoms with Crippen LogP contribution < -0.4 is 5.32 Å². The topological polar surface area (TPSA) is 12.0 Å². The number of nitrogens with one attached hydrogen (secondary N) is 1. The highest BCUT2D eigenvalue weighted by Gasteiger charge is 1.98. The van der Waals surface area contributed by atoms with Crippen molar-refractivity contribution in [3.05, 3.63) is 47.0 Å². The molecule has 0 aromatic heterocycles. The molecule has 0 fully saturated rings. The summed E-state index contributed by atoms with van der Waals surface area (Å²) in [4.78, 5) is 0. The molecule has 0 bridgehead atoms. The van der Waals surface area contributed by atoms with Gasteiger partial charge in [0.1, 0.15) is 0 Å². The molecule has 0 aliphatic heterocycles. The van der Waals surface area contributed by atoms with Crippen LogP contribution in [0.25, 0.3) is 0 Å². The van der Waals surface area contributed by atoms with Crippen molar-refractivity contribution in [3.63, 3.8) is 0 Å². The fourth-order valence-corrected chi connectivity index (χ4v) is 1.52. The normalized spacial score (nSPS) is 10.1. The van der Waals surface area contributed by atoms with Crippen LogP contribution in [0, 0.1) is 6.92 Å². The summed E-state index contributed by atoms with van der Waals surface area (Å²) in [6.07, 6.45) is 2.90. The summed E-state index contributed by atoms with van der Waals surface area (Å²) in [6.45, 7) is 7.49. The van der Waals surface area contributed by atoms with Gasteiger partial charge in [-0.15, -0.1) is 6.58 Å². The van der Waals surface area contributed by atoms with Crippen LogP contribution in [0.1, 0.15) is 17.5 Å². The zero-order valence-corrected chi connectivity index (χ0v) is 9.27. The maximum absolute atomic E-state index is 6.08. The monoisotopic (exact) mass is 209 g/mol. The van der Waals surface area contributed by atoms with Crippen molar-refractivity contribution in [1.82, 2.24) is 5.32 Å². The van der Waals surface area contributed by atoms with Crippen molar-refractivity contribution in [2.24, 2.45) is 0 Å². The van der Waals surface area contributed by atoms with Gasteiger partial charge in [-0.25, -0.2) is 0 Å². The third-order valence-corrected chi connectivity index (χ3v) is 2.40. The Labute approximate surface area is 90.8 Å². The smallest absolute Gasteiger partial charge is 0.0453 e. The van der Waals surface area contributed by atoms with Crippen LogP contribution >= 0.6 is 11.6 Å². The molecule has 76 valence electrons. The van der Waals surface area contributed by atoms with Gasteiger partial charge >= 0.3 is 0 Å². The number of aryl methyl sites for hydroxylation is 1. The zero-order chi connectivity index (χ0) is 10.4. The van der Waals surface area contributed by atoms with E-state index in [0.29, 0.717) is 0 Å². The summed E-state index contributed by atoms with van der Waals surface area (Å²) in [5, 5.41) is 4.15. The Hall–Kier alpha value is -0.790. The molecule has 0 atom stereocenters. The molecule has 1 rings (SSSR count). The Morgan fingerprint density at radius 3 is 2.93 bits per heavy atom. The maximum atomic E-state index is 6.08. The average Bonchev–Trinajstić information content (AvgIpc) is 2.15. The Morgan fingerprint density at radius 2 is 2.29 bits per heavy atom. The van der Waals surface area contributed by atoms with Crippen LogP contribution in [0.4, 0.5) is 0 Å². The van der Waals surface area contributed by atoms with E-state index in [4.69, 9.17) is 11.6 Å². The minimum atomic E-state index is 0.826. The summed E-state index contributed by atoms with van der Waals surface area (Å²) < 4.78 is 0. The SMILES string of the molecule is C=CCCNCc1ccc(C)cc1Cl. The van der Waals surface area contributed by atoms with Crippen LogP contribution in [0.5, 0.6) is 0 Å². The van der Waals surface area contributed by atoms with E-state index in [1.165, 1.54) is 5.56 Å². The van der Waals surface area contributed by atoms with Gasteiger partial charge in [-0.05, 0) is 37.1 Å². The minimum Gasteiger partial charge on any atom is -0.312 e. The molecule has 1 aromatic carbocycles. The number of halogens is 1. The molecule has 0 aliphatic rings. The standard InChI is InChI=1S/C12H16ClN/c1-3-4-7-14-9-11-6-5-10(2)8-12(11)13/h3,5-6,8,14H,1,4,7,9H2,2H3. The largest absolute Gasteiger partial charge is 0.312 e. The third-order valence-electron chi connectivity index (χ3n) is 2.05. The van der Waals surface area contributed by atoms with Gasteiger partial charge in [-0.2, -0.15) is 0 Å². The maximum Gasteiger partial charge on any atom is 0.0453 e. The average molecular weight is 210 g/mol. The first-order valence-electron chi connectivity index (χ1n) is 4.80. The van der Waals surface area contributed by atoms with Crippen LogP contribution in [0.15, 0.2) is 30.9 Å². The van der Waals surface area contributed by atoms with Gasteiger partial charge in [0, 0.05) is 11.6 Å². The second-order valence-corrected chi connectivity index (χ2v) is 3.76. The number of hydrogen-bond donors (Lipinski definition) is 1. The van der Waals surface area contributed by atoms with E-state index in [2.05, 4.69) is 24.0 Å². The van der Waals surface area contributed by atoms with Gasteiger partial charge in [-0.3, -0.25) is 0 Å². The van der Waals surface area contributed by atoms with E-state index in [1.54, 1.807) is 0 Å². The molecule has 0 saturated heterocycles. The first kappa shape index (κ1) is 11.3. The quantitative estimate of drug-likeness (QED) is 0.580. The molecular formula is C12H16ClN. The highest BCUT2D eigenvalue weighted by molar-refractivity contribution is 6.31. The summed E-state index contributed by atoms with van der Waals surface area (Å²) in [5.41, 5.74) is 2.35. The number of hydrogen-bond acceptors (Lipinski definition) is 1. The highest BCUT2D eigenvalue weighted by atomic mass is 35.5. The van der Waals surface area contributed by atoms with E-state index in [9.17, 15) is 0 Å². The van der Waals surface area contributed by atoms with Gasteiger partial charge in [0.25, 0.3) is 0 Å². The van der Waals surface area contributed by atoms with Crippen LogP contribution in [0.3, 0.4) is 0 Å². The molecule has 0 saturated carbocycles. The van der Waals surface area contributed by atoms with Crippen molar-refractivity contribution < 1.29 is 0 Å². The first-order chi connectivity index (χ1) is 6.74. The molecule has 0 unspecified atom stereocenters. The predicted molar refractivity (Wildman–Crippen MR) is 62.7 cm³/mol. The number of rotatable bonds is 5. The second-order valence-electron chi connectivity index (χ2n) is 3.35. The molecule has 1 nitrogen and oxygen atoms in total. The molecule has 1 N–H and O–H groups in total. The third kappa shape index (κ3) is 3.52. The van der Waals surface area contributed by atoms with Gasteiger partial charge in [-0.1, -0.05) is 29.8 Å². The number of benzene rings is 1. The molecule has 0 radical (unpaired) electrons. The summed E-state index contributed by atoms with van der Waals surface area (Å²) >= 11 is 6.08. The summed E-state index contributed by atoms with van der Waals surface area (Å²) in [7, 11) is 0.